The third-order valence-electron chi connectivity index (χ3n) is 1.29. The Labute approximate surface area is 73.0 Å². The first-order valence-electron chi connectivity index (χ1n) is 3.35. The fourth-order valence-electron chi connectivity index (χ4n) is 0.756. The van der Waals surface area contributed by atoms with Crippen LogP contribution in [0.1, 0.15) is 12.1 Å². The van der Waals surface area contributed by atoms with Crippen LogP contribution in [-0.4, -0.2) is 16.6 Å². The molecule has 0 spiro atoms. The molecule has 0 N–H and O–H groups in total. The molecular formula is C7H8BrFN2. The van der Waals surface area contributed by atoms with E-state index in [2.05, 4.69) is 25.9 Å². The van der Waals surface area contributed by atoms with Gasteiger partial charge in [0.2, 0.25) is 0 Å². The van der Waals surface area contributed by atoms with Crippen molar-refractivity contribution in [3.8, 4) is 0 Å². The van der Waals surface area contributed by atoms with Crippen LogP contribution in [0, 0.1) is 0 Å². The van der Waals surface area contributed by atoms with Crippen LogP contribution in [0.15, 0.2) is 17.0 Å². The number of halogens is 2. The molecule has 2 nitrogen and oxygen atoms in total. The molecule has 1 heterocycles. The summed E-state index contributed by atoms with van der Waals surface area (Å²) in [5.41, 5.74) is 0.873. The van der Waals surface area contributed by atoms with Crippen molar-refractivity contribution in [1.29, 1.82) is 0 Å². The molecule has 0 unspecified atom stereocenters. The summed E-state index contributed by atoms with van der Waals surface area (Å²) in [5, 5.41) is 0. The van der Waals surface area contributed by atoms with Gasteiger partial charge in [0.05, 0.1) is 16.8 Å². The zero-order valence-electron chi connectivity index (χ0n) is 5.93. The molecule has 1 aromatic rings. The molecule has 0 aliphatic carbocycles. The zero-order chi connectivity index (χ0) is 8.10. The lowest BCUT2D eigenvalue weighted by molar-refractivity contribution is 0.471. The van der Waals surface area contributed by atoms with Gasteiger partial charge >= 0.3 is 0 Å². The van der Waals surface area contributed by atoms with Crippen molar-refractivity contribution in [2.75, 3.05) is 6.67 Å². The highest BCUT2D eigenvalue weighted by atomic mass is 79.9. The Morgan fingerprint density at radius 1 is 1.55 bits per heavy atom. The van der Waals surface area contributed by atoms with Crippen LogP contribution in [0.5, 0.6) is 0 Å². The Morgan fingerprint density at radius 3 is 3.00 bits per heavy atom. The maximum atomic E-state index is 11.8. The Balaban J connectivity index is 2.62. The Kier molecular flexibility index (Phi) is 3.42. The van der Waals surface area contributed by atoms with E-state index in [0.717, 1.165) is 10.2 Å². The Hall–Kier alpha value is -0.510. The fourth-order valence-corrected chi connectivity index (χ4v) is 1.18. The number of rotatable bonds is 3. The summed E-state index contributed by atoms with van der Waals surface area (Å²) in [6.07, 6.45) is 4.33. The highest BCUT2D eigenvalue weighted by Gasteiger charge is 1.99. The van der Waals surface area contributed by atoms with Crippen LogP contribution in [0.2, 0.25) is 0 Å². The van der Waals surface area contributed by atoms with Crippen LogP contribution in [0.25, 0.3) is 0 Å². The van der Waals surface area contributed by atoms with E-state index in [1.807, 2.05) is 0 Å². The van der Waals surface area contributed by atoms with E-state index in [1.165, 1.54) is 6.33 Å². The van der Waals surface area contributed by atoms with Crippen molar-refractivity contribution in [3.05, 3.63) is 22.7 Å². The maximum absolute atomic E-state index is 11.8. The van der Waals surface area contributed by atoms with E-state index in [9.17, 15) is 4.39 Å². The normalized spacial score (nSPS) is 10.0. The summed E-state index contributed by atoms with van der Waals surface area (Å²) in [5.74, 6) is 0. The fraction of sp³-hybridized carbons (Fsp3) is 0.429. The zero-order valence-corrected chi connectivity index (χ0v) is 7.51. The lowest BCUT2D eigenvalue weighted by atomic mass is 10.2. The van der Waals surface area contributed by atoms with Gasteiger partial charge in [0.1, 0.15) is 6.33 Å². The predicted octanol–water partition coefficient (Wildman–Crippen LogP) is 2.14. The number of alkyl halides is 1. The molecule has 1 rings (SSSR count). The molecule has 0 bridgehead atoms. The van der Waals surface area contributed by atoms with E-state index in [0.29, 0.717) is 12.8 Å². The molecule has 0 aromatic carbocycles. The monoisotopic (exact) mass is 218 g/mol. The van der Waals surface area contributed by atoms with Gasteiger partial charge in [-0.25, -0.2) is 9.97 Å². The molecule has 11 heavy (non-hydrogen) atoms. The summed E-state index contributed by atoms with van der Waals surface area (Å²) in [6.45, 7) is -0.295. The van der Waals surface area contributed by atoms with Crippen molar-refractivity contribution in [2.24, 2.45) is 0 Å². The topological polar surface area (TPSA) is 25.8 Å². The first-order valence-corrected chi connectivity index (χ1v) is 4.14. The quantitative estimate of drug-likeness (QED) is 0.778. The third kappa shape index (κ3) is 2.54. The van der Waals surface area contributed by atoms with Crippen LogP contribution >= 0.6 is 15.9 Å². The van der Waals surface area contributed by atoms with Gasteiger partial charge in [0.15, 0.2) is 0 Å². The van der Waals surface area contributed by atoms with E-state index in [4.69, 9.17) is 0 Å². The second kappa shape index (κ2) is 4.38. The van der Waals surface area contributed by atoms with Gasteiger partial charge in [0.25, 0.3) is 0 Å². The van der Waals surface area contributed by atoms with Gasteiger partial charge in [-0.1, -0.05) is 0 Å². The molecule has 4 heteroatoms. The average molecular weight is 219 g/mol. The van der Waals surface area contributed by atoms with Gasteiger partial charge in [-0.2, -0.15) is 0 Å². The SMILES string of the molecule is FCCCc1ncncc1Br. The van der Waals surface area contributed by atoms with Crippen LogP contribution in [0.3, 0.4) is 0 Å². The van der Waals surface area contributed by atoms with Crippen LogP contribution < -0.4 is 0 Å². The molecular weight excluding hydrogens is 211 g/mol. The van der Waals surface area contributed by atoms with Gasteiger partial charge in [-0.3, -0.25) is 4.39 Å². The number of nitrogens with zero attached hydrogens (tertiary/aromatic N) is 2. The number of aromatic nitrogens is 2. The van der Waals surface area contributed by atoms with Gasteiger partial charge < -0.3 is 0 Å². The summed E-state index contributed by atoms with van der Waals surface area (Å²) in [4.78, 5) is 7.79. The van der Waals surface area contributed by atoms with E-state index >= 15 is 0 Å². The molecule has 0 amide bonds. The van der Waals surface area contributed by atoms with Crippen molar-refractivity contribution in [1.82, 2.24) is 9.97 Å². The molecule has 0 radical (unpaired) electrons. The first kappa shape index (κ1) is 8.59. The Bertz CT molecular complexity index is 229. The molecule has 0 atom stereocenters. The lowest BCUT2D eigenvalue weighted by Crippen LogP contribution is -1.93. The number of hydrogen-bond donors (Lipinski definition) is 0. The van der Waals surface area contributed by atoms with Crippen molar-refractivity contribution >= 4 is 15.9 Å². The number of hydrogen-bond acceptors (Lipinski definition) is 2. The second-order valence-corrected chi connectivity index (χ2v) is 2.96. The van der Waals surface area contributed by atoms with Crippen LogP contribution in [-0.2, 0) is 6.42 Å². The minimum atomic E-state index is -0.295. The van der Waals surface area contributed by atoms with Gasteiger partial charge in [-0.15, -0.1) is 0 Å². The summed E-state index contributed by atoms with van der Waals surface area (Å²) >= 11 is 3.28. The van der Waals surface area contributed by atoms with Gasteiger partial charge in [-0.05, 0) is 28.8 Å². The minimum absolute atomic E-state index is 0.295. The summed E-state index contributed by atoms with van der Waals surface area (Å²) < 4.78 is 12.6. The Morgan fingerprint density at radius 2 is 2.36 bits per heavy atom. The second-order valence-electron chi connectivity index (χ2n) is 2.11. The van der Waals surface area contributed by atoms with Crippen molar-refractivity contribution in [3.63, 3.8) is 0 Å². The molecule has 0 saturated heterocycles. The standard InChI is InChI=1S/C7H8BrFN2/c8-6-4-10-5-11-7(6)2-1-3-9/h4-5H,1-3H2. The van der Waals surface area contributed by atoms with Gasteiger partial charge in [0, 0.05) is 6.20 Å². The van der Waals surface area contributed by atoms with Crippen molar-refractivity contribution in [2.45, 2.75) is 12.8 Å². The van der Waals surface area contributed by atoms with Crippen molar-refractivity contribution < 1.29 is 4.39 Å². The predicted molar refractivity (Wildman–Crippen MR) is 44.0 cm³/mol. The lowest BCUT2D eigenvalue weighted by Gasteiger charge is -1.98. The summed E-state index contributed by atoms with van der Waals surface area (Å²) in [7, 11) is 0. The van der Waals surface area contributed by atoms with Crippen LogP contribution in [0.4, 0.5) is 4.39 Å². The maximum Gasteiger partial charge on any atom is 0.115 e. The molecule has 0 aliphatic heterocycles. The van der Waals surface area contributed by atoms with E-state index in [-0.39, 0.29) is 6.67 Å². The smallest absolute Gasteiger partial charge is 0.115 e. The third-order valence-corrected chi connectivity index (χ3v) is 1.95. The average Bonchev–Trinajstić information content (AvgIpc) is 2.03. The largest absolute Gasteiger partial charge is 0.251 e. The van der Waals surface area contributed by atoms with E-state index < -0.39 is 0 Å². The minimum Gasteiger partial charge on any atom is -0.251 e. The number of aryl methyl sites for hydroxylation is 1. The van der Waals surface area contributed by atoms with E-state index in [1.54, 1.807) is 6.20 Å². The molecule has 0 fully saturated rings. The highest BCUT2D eigenvalue weighted by Crippen LogP contribution is 2.13. The molecule has 1 aromatic heterocycles. The molecule has 0 saturated carbocycles. The highest BCUT2D eigenvalue weighted by molar-refractivity contribution is 9.10. The summed E-state index contributed by atoms with van der Waals surface area (Å²) in [6, 6.07) is 0. The molecule has 60 valence electrons. The molecule has 0 aliphatic rings. The first-order chi connectivity index (χ1) is 5.34.